The van der Waals surface area contributed by atoms with Crippen molar-refractivity contribution in [1.82, 2.24) is 14.9 Å². The number of amides is 1. The van der Waals surface area contributed by atoms with Crippen molar-refractivity contribution in [2.75, 3.05) is 6.61 Å². The first-order chi connectivity index (χ1) is 13.4. The lowest BCUT2D eigenvalue weighted by Crippen LogP contribution is -2.29. The fourth-order valence-electron chi connectivity index (χ4n) is 3.24. The predicted octanol–water partition coefficient (Wildman–Crippen LogP) is 2.75. The summed E-state index contributed by atoms with van der Waals surface area (Å²) < 4.78 is 1.76. The van der Waals surface area contributed by atoms with E-state index in [2.05, 4.69) is 10.3 Å². The molecule has 0 radical (unpaired) electrons. The summed E-state index contributed by atoms with van der Waals surface area (Å²) in [5.74, 6) is -0.427. The highest BCUT2D eigenvalue weighted by Crippen LogP contribution is 2.17. The quantitative estimate of drug-likeness (QED) is 0.667. The van der Waals surface area contributed by atoms with Gasteiger partial charge in [-0.05, 0) is 43.5 Å². The van der Waals surface area contributed by atoms with Crippen LogP contribution >= 0.6 is 11.6 Å². The molecule has 0 bridgehead atoms. The molecule has 1 aromatic carbocycles. The van der Waals surface area contributed by atoms with Crippen LogP contribution in [0.25, 0.3) is 10.9 Å². The molecule has 6 nitrogen and oxygen atoms in total. The van der Waals surface area contributed by atoms with E-state index in [1.54, 1.807) is 36.0 Å². The van der Waals surface area contributed by atoms with Crippen LogP contribution in [0.15, 0.2) is 41.3 Å². The molecule has 0 saturated carbocycles. The van der Waals surface area contributed by atoms with Gasteiger partial charge >= 0.3 is 0 Å². The second-order valence-corrected chi connectivity index (χ2v) is 7.15. The second-order valence-electron chi connectivity index (χ2n) is 6.71. The van der Waals surface area contributed by atoms with Gasteiger partial charge in [0.2, 0.25) is 5.43 Å². The molecule has 0 aliphatic carbocycles. The number of aryl methyl sites for hydroxylation is 3. The van der Waals surface area contributed by atoms with E-state index in [-0.39, 0.29) is 17.6 Å². The average molecular weight is 400 g/mol. The molecule has 0 saturated heterocycles. The SMILES string of the molecule is Cc1nc(CCCO)cc2c(=O)c(C(=O)NCc3ccc(Cl)cc3)cn(C)c12. The number of aliphatic hydroxyl groups is 1. The average Bonchev–Trinajstić information content (AvgIpc) is 2.68. The Balaban J connectivity index is 1.94. The highest BCUT2D eigenvalue weighted by molar-refractivity contribution is 6.30. The summed E-state index contributed by atoms with van der Waals surface area (Å²) in [6, 6.07) is 8.87. The van der Waals surface area contributed by atoms with Crippen LogP contribution in [0.1, 0.15) is 33.7 Å². The lowest BCUT2D eigenvalue weighted by Gasteiger charge is -2.13. The van der Waals surface area contributed by atoms with Crippen LogP contribution in [0, 0.1) is 6.92 Å². The number of hydrogen-bond acceptors (Lipinski definition) is 4. The molecular formula is C21H22ClN3O3. The highest BCUT2D eigenvalue weighted by Gasteiger charge is 2.17. The normalized spacial score (nSPS) is 11.0. The molecule has 3 aromatic rings. The molecule has 0 spiro atoms. The summed E-state index contributed by atoms with van der Waals surface area (Å²) in [6.45, 7) is 2.20. The van der Waals surface area contributed by atoms with Crippen molar-refractivity contribution in [2.24, 2.45) is 7.05 Å². The van der Waals surface area contributed by atoms with Gasteiger partial charge in [-0.3, -0.25) is 14.6 Å². The molecule has 2 N–H and O–H groups in total. The van der Waals surface area contributed by atoms with Crippen molar-refractivity contribution < 1.29 is 9.90 Å². The summed E-state index contributed by atoms with van der Waals surface area (Å²) >= 11 is 5.87. The van der Waals surface area contributed by atoms with E-state index < -0.39 is 5.91 Å². The maximum Gasteiger partial charge on any atom is 0.257 e. The number of aliphatic hydroxyl groups excluding tert-OH is 1. The number of nitrogens with zero attached hydrogens (tertiary/aromatic N) is 2. The van der Waals surface area contributed by atoms with Crippen LogP contribution in [0.2, 0.25) is 5.02 Å². The van der Waals surface area contributed by atoms with Gasteiger partial charge in [-0.15, -0.1) is 0 Å². The Labute approximate surface area is 167 Å². The summed E-state index contributed by atoms with van der Waals surface area (Å²) in [5.41, 5.74) is 2.81. The largest absolute Gasteiger partial charge is 0.396 e. The summed E-state index contributed by atoms with van der Waals surface area (Å²) in [6.07, 6.45) is 2.69. The Bertz CT molecular complexity index is 1070. The molecule has 3 rings (SSSR count). The molecule has 1 amide bonds. The molecule has 28 heavy (non-hydrogen) atoms. The van der Waals surface area contributed by atoms with Crippen molar-refractivity contribution >= 4 is 28.4 Å². The van der Waals surface area contributed by atoms with Gasteiger partial charge < -0.3 is 15.0 Å². The Morgan fingerprint density at radius 1 is 1.29 bits per heavy atom. The number of aromatic nitrogens is 2. The Kier molecular flexibility index (Phi) is 6.11. The standard InChI is InChI=1S/C21H22ClN3O3/c1-13-19-17(10-16(24-13)4-3-9-26)20(27)18(12-25(19)2)21(28)23-11-14-5-7-15(22)8-6-14/h5-8,10,12,26H,3-4,9,11H2,1-2H3,(H,23,28). The molecule has 7 heteroatoms. The number of carbonyl (C=O) groups is 1. The van der Waals surface area contributed by atoms with Crippen LogP contribution < -0.4 is 10.7 Å². The molecule has 0 atom stereocenters. The number of hydrogen-bond donors (Lipinski definition) is 2. The number of carbonyl (C=O) groups excluding carboxylic acids is 1. The number of fused-ring (bicyclic) bond motifs is 1. The fourth-order valence-corrected chi connectivity index (χ4v) is 3.37. The molecule has 0 fully saturated rings. The zero-order valence-electron chi connectivity index (χ0n) is 15.8. The van der Waals surface area contributed by atoms with E-state index in [0.717, 1.165) is 17.0 Å². The minimum absolute atomic E-state index is 0.0594. The van der Waals surface area contributed by atoms with Gasteiger partial charge in [0.25, 0.3) is 5.91 Å². The van der Waals surface area contributed by atoms with Gasteiger partial charge in [0, 0.05) is 37.1 Å². The van der Waals surface area contributed by atoms with Gasteiger partial charge in [-0.1, -0.05) is 23.7 Å². The van der Waals surface area contributed by atoms with Crippen LogP contribution in [0.4, 0.5) is 0 Å². The van der Waals surface area contributed by atoms with E-state index >= 15 is 0 Å². The Hall–Kier alpha value is -2.70. The van der Waals surface area contributed by atoms with Gasteiger partial charge in [-0.2, -0.15) is 0 Å². The topological polar surface area (TPSA) is 84.2 Å². The van der Waals surface area contributed by atoms with Gasteiger partial charge in [-0.25, -0.2) is 0 Å². The number of rotatable bonds is 6. The van der Waals surface area contributed by atoms with E-state index in [0.29, 0.717) is 35.3 Å². The van der Waals surface area contributed by atoms with Crippen molar-refractivity contribution in [2.45, 2.75) is 26.3 Å². The maximum absolute atomic E-state index is 13.0. The Morgan fingerprint density at radius 3 is 2.68 bits per heavy atom. The third kappa shape index (κ3) is 4.24. The number of benzene rings is 1. The summed E-state index contributed by atoms with van der Waals surface area (Å²) in [4.78, 5) is 30.1. The number of pyridine rings is 2. The zero-order valence-corrected chi connectivity index (χ0v) is 16.6. The summed E-state index contributed by atoms with van der Waals surface area (Å²) in [5, 5.41) is 12.9. The van der Waals surface area contributed by atoms with E-state index in [1.807, 2.05) is 19.1 Å². The molecular weight excluding hydrogens is 378 g/mol. The minimum atomic E-state index is -0.427. The van der Waals surface area contributed by atoms with Gasteiger partial charge in [0.05, 0.1) is 16.6 Å². The van der Waals surface area contributed by atoms with Crippen molar-refractivity contribution in [1.29, 1.82) is 0 Å². The van der Waals surface area contributed by atoms with Crippen LogP contribution in [-0.4, -0.2) is 27.2 Å². The zero-order chi connectivity index (χ0) is 20.3. The van der Waals surface area contributed by atoms with Gasteiger partial charge in [0.1, 0.15) is 5.56 Å². The third-order valence-corrected chi connectivity index (χ3v) is 4.84. The van der Waals surface area contributed by atoms with E-state index in [9.17, 15) is 9.59 Å². The first-order valence-electron chi connectivity index (χ1n) is 9.04. The molecule has 146 valence electrons. The van der Waals surface area contributed by atoms with Crippen molar-refractivity contribution in [3.8, 4) is 0 Å². The lowest BCUT2D eigenvalue weighted by molar-refractivity contribution is 0.0949. The fraction of sp³-hybridized carbons (Fsp3) is 0.286. The van der Waals surface area contributed by atoms with Crippen molar-refractivity contribution in [3.05, 3.63) is 74.3 Å². The van der Waals surface area contributed by atoms with Gasteiger partial charge in [0.15, 0.2) is 0 Å². The molecule has 0 aliphatic rings. The third-order valence-electron chi connectivity index (χ3n) is 4.59. The lowest BCUT2D eigenvalue weighted by atomic mass is 10.1. The highest BCUT2D eigenvalue weighted by atomic mass is 35.5. The van der Waals surface area contributed by atoms with Crippen LogP contribution in [0.5, 0.6) is 0 Å². The molecule has 0 aliphatic heterocycles. The summed E-state index contributed by atoms with van der Waals surface area (Å²) in [7, 11) is 1.79. The monoisotopic (exact) mass is 399 g/mol. The molecule has 2 heterocycles. The first kappa shape index (κ1) is 20.0. The Morgan fingerprint density at radius 2 is 2.00 bits per heavy atom. The van der Waals surface area contributed by atoms with Crippen molar-refractivity contribution in [3.63, 3.8) is 0 Å². The van der Waals surface area contributed by atoms with E-state index in [4.69, 9.17) is 16.7 Å². The predicted molar refractivity (Wildman–Crippen MR) is 110 cm³/mol. The van der Waals surface area contributed by atoms with Crippen LogP contribution in [-0.2, 0) is 20.0 Å². The number of nitrogens with one attached hydrogen (secondary N) is 1. The van der Waals surface area contributed by atoms with Crippen LogP contribution in [0.3, 0.4) is 0 Å². The molecule has 2 aromatic heterocycles. The number of halogens is 1. The minimum Gasteiger partial charge on any atom is -0.396 e. The van der Waals surface area contributed by atoms with E-state index in [1.165, 1.54) is 0 Å². The molecule has 0 unspecified atom stereocenters. The second kappa shape index (κ2) is 8.54. The smallest absolute Gasteiger partial charge is 0.257 e. The maximum atomic E-state index is 13.0. The first-order valence-corrected chi connectivity index (χ1v) is 9.42.